The lowest BCUT2D eigenvalue weighted by atomic mass is 10.0. The van der Waals surface area contributed by atoms with E-state index in [-0.39, 0.29) is 5.75 Å². The predicted octanol–water partition coefficient (Wildman–Crippen LogP) is 2.23. The Morgan fingerprint density at radius 2 is 1.68 bits per heavy atom. The number of aryl methyl sites for hydroxylation is 1. The summed E-state index contributed by atoms with van der Waals surface area (Å²) in [5.41, 5.74) is 1.83. The first-order valence-corrected chi connectivity index (χ1v) is 8.23. The highest BCUT2D eigenvalue weighted by atomic mass is 32.2. The molecule has 106 valence electrons. The van der Waals surface area contributed by atoms with Gasteiger partial charge in [-0.2, -0.15) is 0 Å². The first-order chi connectivity index (χ1) is 8.95. The molecule has 0 bridgehead atoms. The Morgan fingerprint density at radius 3 is 2.11 bits per heavy atom. The fourth-order valence-electron chi connectivity index (χ4n) is 2.58. The topological polar surface area (TPSA) is 52.6 Å². The smallest absolute Gasteiger partial charge is 0.203 e. The number of sulfone groups is 1. The Bertz CT molecular complexity index is 527. The molecule has 2 rings (SSSR count). The molecule has 0 aliphatic carbocycles. The number of rotatable bonds is 5. The van der Waals surface area contributed by atoms with Gasteiger partial charge in [0.15, 0.2) is 9.84 Å². The SMILES string of the molecule is CCOC1(OCC)CS(=O)(=O)C1c1ccc(C)cc1. The second kappa shape index (κ2) is 5.23. The number of hydrogen-bond acceptors (Lipinski definition) is 4. The van der Waals surface area contributed by atoms with Crippen molar-refractivity contribution in [3.63, 3.8) is 0 Å². The van der Waals surface area contributed by atoms with Gasteiger partial charge in [-0.3, -0.25) is 0 Å². The van der Waals surface area contributed by atoms with E-state index in [0.29, 0.717) is 13.2 Å². The van der Waals surface area contributed by atoms with Crippen LogP contribution in [-0.2, 0) is 19.3 Å². The maximum Gasteiger partial charge on any atom is 0.203 e. The van der Waals surface area contributed by atoms with E-state index in [1.807, 2.05) is 45.0 Å². The second-order valence-electron chi connectivity index (χ2n) is 4.78. The normalized spacial score (nSPS) is 23.8. The first-order valence-electron chi connectivity index (χ1n) is 6.51. The zero-order valence-corrected chi connectivity index (χ0v) is 12.4. The van der Waals surface area contributed by atoms with Crippen LogP contribution in [0.1, 0.15) is 30.2 Å². The lowest BCUT2D eigenvalue weighted by molar-refractivity contribution is -0.230. The highest BCUT2D eigenvalue weighted by molar-refractivity contribution is 7.93. The van der Waals surface area contributed by atoms with Crippen LogP contribution in [0.4, 0.5) is 0 Å². The largest absolute Gasteiger partial charge is 0.348 e. The molecule has 1 saturated heterocycles. The van der Waals surface area contributed by atoms with Gasteiger partial charge >= 0.3 is 0 Å². The number of hydrogen-bond donors (Lipinski definition) is 0. The lowest BCUT2D eigenvalue weighted by Gasteiger charge is -2.47. The molecule has 0 spiro atoms. The Hall–Kier alpha value is -0.910. The van der Waals surface area contributed by atoms with Crippen LogP contribution in [0.15, 0.2) is 24.3 Å². The molecule has 19 heavy (non-hydrogen) atoms. The van der Waals surface area contributed by atoms with Gasteiger partial charge in [0.05, 0.1) is 0 Å². The Labute approximate surface area is 114 Å². The highest BCUT2D eigenvalue weighted by Gasteiger charge is 2.61. The van der Waals surface area contributed by atoms with Crippen molar-refractivity contribution in [1.29, 1.82) is 0 Å². The third-order valence-electron chi connectivity index (χ3n) is 3.32. The summed E-state index contributed by atoms with van der Waals surface area (Å²) in [6.45, 7) is 6.52. The predicted molar refractivity (Wildman–Crippen MR) is 73.7 cm³/mol. The molecule has 0 radical (unpaired) electrons. The van der Waals surface area contributed by atoms with E-state index in [1.165, 1.54) is 0 Å². The van der Waals surface area contributed by atoms with Crippen LogP contribution >= 0.6 is 0 Å². The zero-order chi connectivity index (χ0) is 14.1. The molecule has 0 amide bonds. The van der Waals surface area contributed by atoms with Crippen LogP contribution in [0.3, 0.4) is 0 Å². The average Bonchev–Trinajstić information content (AvgIpc) is 2.31. The average molecular weight is 284 g/mol. The molecule has 0 saturated carbocycles. The van der Waals surface area contributed by atoms with Crippen molar-refractivity contribution >= 4 is 9.84 Å². The van der Waals surface area contributed by atoms with Gasteiger partial charge in [-0.1, -0.05) is 29.8 Å². The van der Waals surface area contributed by atoms with E-state index in [1.54, 1.807) is 0 Å². The molecule has 1 aromatic rings. The number of ether oxygens (including phenoxy) is 2. The molecule has 0 N–H and O–H groups in total. The number of benzene rings is 1. The van der Waals surface area contributed by atoms with Crippen molar-refractivity contribution in [2.24, 2.45) is 0 Å². The van der Waals surface area contributed by atoms with Crippen LogP contribution < -0.4 is 0 Å². The van der Waals surface area contributed by atoms with Gasteiger partial charge in [0.1, 0.15) is 11.0 Å². The van der Waals surface area contributed by atoms with E-state index in [0.717, 1.165) is 11.1 Å². The van der Waals surface area contributed by atoms with Crippen LogP contribution in [-0.4, -0.2) is 33.2 Å². The summed E-state index contributed by atoms with van der Waals surface area (Å²) in [6, 6.07) is 7.49. The van der Waals surface area contributed by atoms with Crippen molar-refractivity contribution in [3.05, 3.63) is 35.4 Å². The molecule has 1 fully saturated rings. The van der Waals surface area contributed by atoms with Gasteiger partial charge in [-0.25, -0.2) is 8.42 Å². The molecule has 1 atom stereocenters. The molecule has 0 aromatic heterocycles. The second-order valence-corrected chi connectivity index (χ2v) is 6.86. The summed E-state index contributed by atoms with van der Waals surface area (Å²) in [5, 5.41) is -0.722. The molecule has 1 unspecified atom stereocenters. The van der Waals surface area contributed by atoms with Crippen molar-refractivity contribution in [2.75, 3.05) is 19.0 Å². The van der Waals surface area contributed by atoms with Crippen molar-refractivity contribution < 1.29 is 17.9 Å². The van der Waals surface area contributed by atoms with Crippen LogP contribution in [0.5, 0.6) is 0 Å². The molecule has 1 aromatic carbocycles. The zero-order valence-electron chi connectivity index (χ0n) is 11.5. The standard InChI is InChI=1S/C14H20O4S/c1-4-17-14(18-5-2)10-19(15,16)13(14)12-8-6-11(3)7-9-12/h6-9,13H,4-5,10H2,1-3H3. The maximum atomic E-state index is 12.1. The van der Waals surface area contributed by atoms with E-state index < -0.39 is 20.9 Å². The summed E-state index contributed by atoms with van der Waals surface area (Å²) in [5.74, 6) is -1.09. The first kappa shape index (κ1) is 14.5. The fourth-order valence-corrected chi connectivity index (χ4v) is 4.68. The minimum atomic E-state index is -3.19. The van der Waals surface area contributed by atoms with Gasteiger partial charge in [-0.05, 0) is 26.3 Å². The monoisotopic (exact) mass is 284 g/mol. The minimum Gasteiger partial charge on any atom is -0.348 e. The third-order valence-corrected chi connectivity index (χ3v) is 5.47. The van der Waals surface area contributed by atoms with Crippen LogP contribution in [0.2, 0.25) is 0 Å². The van der Waals surface area contributed by atoms with E-state index in [9.17, 15) is 8.42 Å². The molecule has 4 nitrogen and oxygen atoms in total. The van der Waals surface area contributed by atoms with Gasteiger partial charge in [-0.15, -0.1) is 0 Å². The van der Waals surface area contributed by atoms with Gasteiger partial charge in [0.25, 0.3) is 0 Å². The Balaban J connectivity index is 2.39. The van der Waals surface area contributed by atoms with Gasteiger partial charge in [0, 0.05) is 13.2 Å². The Kier molecular flexibility index (Phi) is 3.99. The van der Waals surface area contributed by atoms with E-state index in [2.05, 4.69) is 0 Å². The summed E-state index contributed by atoms with van der Waals surface area (Å²) in [7, 11) is -3.19. The molecular weight excluding hydrogens is 264 g/mol. The molecule has 5 heteroatoms. The summed E-state index contributed by atoms with van der Waals surface area (Å²) < 4.78 is 35.5. The molecular formula is C14H20O4S. The Morgan fingerprint density at radius 1 is 1.16 bits per heavy atom. The molecule has 1 heterocycles. The third kappa shape index (κ3) is 2.55. The fraction of sp³-hybridized carbons (Fsp3) is 0.571. The van der Waals surface area contributed by atoms with Crippen LogP contribution in [0, 0.1) is 6.92 Å². The quantitative estimate of drug-likeness (QED) is 0.778. The lowest BCUT2D eigenvalue weighted by Crippen LogP contribution is -2.60. The van der Waals surface area contributed by atoms with Crippen molar-refractivity contribution in [1.82, 2.24) is 0 Å². The van der Waals surface area contributed by atoms with Crippen molar-refractivity contribution in [2.45, 2.75) is 31.8 Å². The highest BCUT2D eigenvalue weighted by Crippen LogP contribution is 2.48. The summed E-state index contributed by atoms with van der Waals surface area (Å²) in [6.07, 6.45) is 0. The van der Waals surface area contributed by atoms with Crippen LogP contribution in [0.25, 0.3) is 0 Å². The molecule has 1 aliphatic heterocycles. The van der Waals surface area contributed by atoms with Gasteiger partial charge < -0.3 is 9.47 Å². The minimum absolute atomic E-state index is 0.0692. The maximum absolute atomic E-state index is 12.1. The van der Waals surface area contributed by atoms with E-state index in [4.69, 9.17) is 9.47 Å². The summed E-state index contributed by atoms with van der Waals surface area (Å²) >= 11 is 0. The van der Waals surface area contributed by atoms with E-state index >= 15 is 0 Å². The van der Waals surface area contributed by atoms with Crippen molar-refractivity contribution in [3.8, 4) is 0 Å². The molecule has 1 aliphatic rings. The summed E-state index contributed by atoms with van der Waals surface area (Å²) in [4.78, 5) is 0. The van der Waals surface area contributed by atoms with Gasteiger partial charge in [0.2, 0.25) is 5.79 Å².